The van der Waals surface area contributed by atoms with Gasteiger partial charge in [0.1, 0.15) is 0 Å². The number of hydrogen-bond donors (Lipinski definition) is 5. The van der Waals surface area contributed by atoms with Crippen molar-refractivity contribution in [1.29, 1.82) is 0 Å². The molecule has 4 fully saturated rings. The molecule has 8 heteroatoms. The first kappa shape index (κ1) is 31.1. The van der Waals surface area contributed by atoms with E-state index >= 15 is 0 Å². The number of amides is 2. The zero-order valence-corrected chi connectivity index (χ0v) is 26.7. The first-order valence-electron chi connectivity index (χ1n) is 16.8. The lowest BCUT2D eigenvalue weighted by molar-refractivity contribution is -0.210. The molecule has 0 bridgehead atoms. The summed E-state index contributed by atoms with van der Waals surface area (Å²) in [6.07, 6.45) is 13.3. The third kappa shape index (κ3) is 4.52. The second kappa shape index (κ2) is 10.9. The lowest BCUT2D eigenvalue weighted by atomic mass is 9.34. The fourth-order valence-corrected chi connectivity index (χ4v) is 11.8. The Morgan fingerprint density at radius 2 is 1.61 bits per heavy atom. The highest BCUT2D eigenvalue weighted by atomic mass is 16.4. The van der Waals surface area contributed by atoms with Gasteiger partial charge >= 0.3 is 18.0 Å². The Morgan fingerprint density at radius 3 is 2.27 bits per heavy atom. The summed E-state index contributed by atoms with van der Waals surface area (Å²) in [7, 11) is 0. The predicted octanol–water partition coefficient (Wildman–Crippen LogP) is 6.34. The number of carboxylic acid groups (broad SMARTS) is 2. The minimum atomic E-state index is -1.30. The van der Waals surface area contributed by atoms with Gasteiger partial charge in [0.15, 0.2) is 6.04 Å². The summed E-state index contributed by atoms with van der Waals surface area (Å²) in [4.78, 5) is 35.9. The number of hydrogen-bond acceptors (Lipinski definition) is 4. The number of benzene rings is 1. The largest absolute Gasteiger partial charge is 0.480 e. The standard InChI is InChI=1S/C36H50N2O6/c1-21-24(22-7-9-23(10-8-22)30(40)41)13-16-33(2)25(21)14-17-35(4)29(33)12-11-26-27-6-5-15-36(27,19-18-34(26,35)3)38-32(44)37-28(20-39)31(42)43/h7-10,13,21,25-29,39H,5-6,11-12,14-20H2,1-4H3,(H,40,41)(H,42,43)(H2,37,38,44)/t21?,25?,26?,27?,28?,29?,33?,34-,35?,36?/m1/s1. The molecule has 240 valence electrons. The molecule has 0 saturated heterocycles. The summed E-state index contributed by atoms with van der Waals surface area (Å²) in [6, 6.07) is 5.61. The summed E-state index contributed by atoms with van der Waals surface area (Å²) in [5, 5.41) is 33.9. The van der Waals surface area contributed by atoms with Crippen LogP contribution in [-0.2, 0) is 4.79 Å². The van der Waals surface area contributed by atoms with Gasteiger partial charge in [0.05, 0.1) is 12.2 Å². The van der Waals surface area contributed by atoms with Crippen LogP contribution in [0, 0.1) is 45.8 Å². The minimum Gasteiger partial charge on any atom is -0.480 e. The minimum absolute atomic E-state index is 0.162. The Morgan fingerprint density at radius 1 is 0.886 bits per heavy atom. The van der Waals surface area contributed by atoms with E-state index in [1.807, 2.05) is 12.1 Å². The quantitative estimate of drug-likeness (QED) is 0.256. The Kier molecular flexibility index (Phi) is 7.70. The maximum atomic E-state index is 13.0. The van der Waals surface area contributed by atoms with Gasteiger partial charge in [0.25, 0.3) is 0 Å². The van der Waals surface area contributed by atoms with Crippen molar-refractivity contribution in [3.05, 3.63) is 41.5 Å². The summed E-state index contributed by atoms with van der Waals surface area (Å²) < 4.78 is 0. The molecular formula is C36H50N2O6. The van der Waals surface area contributed by atoms with Crippen molar-refractivity contribution in [3.8, 4) is 0 Å². The summed E-state index contributed by atoms with van der Waals surface area (Å²) in [6.45, 7) is 9.44. The number of aliphatic carboxylic acids is 1. The molecule has 6 rings (SSSR count). The number of urea groups is 1. The molecule has 5 N–H and O–H groups in total. The molecule has 5 aliphatic carbocycles. The second-order valence-corrected chi connectivity index (χ2v) is 15.6. The van der Waals surface area contributed by atoms with Crippen LogP contribution in [0.4, 0.5) is 4.79 Å². The zero-order valence-electron chi connectivity index (χ0n) is 26.7. The number of rotatable bonds is 6. The van der Waals surface area contributed by atoms with E-state index in [1.165, 1.54) is 24.8 Å². The summed E-state index contributed by atoms with van der Waals surface area (Å²) in [5.41, 5.74) is 3.06. The van der Waals surface area contributed by atoms with Gasteiger partial charge in [-0.2, -0.15) is 0 Å². The van der Waals surface area contributed by atoms with Crippen LogP contribution in [0.2, 0.25) is 0 Å². The number of nitrogens with one attached hydrogen (secondary N) is 2. The molecule has 4 saturated carbocycles. The van der Waals surface area contributed by atoms with Crippen LogP contribution in [0.25, 0.3) is 5.57 Å². The van der Waals surface area contributed by atoms with Gasteiger partial charge < -0.3 is 26.0 Å². The van der Waals surface area contributed by atoms with Gasteiger partial charge in [-0.1, -0.05) is 52.3 Å². The predicted molar refractivity (Wildman–Crippen MR) is 168 cm³/mol. The van der Waals surface area contributed by atoms with E-state index in [0.29, 0.717) is 35.2 Å². The van der Waals surface area contributed by atoms with E-state index in [1.54, 1.807) is 12.1 Å². The van der Waals surface area contributed by atoms with Gasteiger partial charge in [-0.15, -0.1) is 0 Å². The normalized spacial score (nSPS) is 41.6. The number of carboxylic acids is 2. The number of fused-ring (bicyclic) bond motifs is 7. The van der Waals surface area contributed by atoms with Gasteiger partial charge in [0, 0.05) is 5.54 Å². The van der Waals surface area contributed by atoms with Gasteiger partial charge in [-0.25, -0.2) is 14.4 Å². The summed E-state index contributed by atoms with van der Waals surface area (Å²) >= 11 is 0. The van der Waals surface area contributed by atoms with Crippen molar-refractivity contribution < 1.29 is 29.7 Å². The Hall–Kier alpha value is -2.87. The number of allylic oxidation sites excluding steroid dienone is 2. The number of carbonyl (C=O) groups excluding carboxylic acids is 1. The fraction of sp³-hybridized carbons (Fsp3) is 0.694. The maximum Gasteiger partial charge on any atom is 0.335 e. The topological polar surface area (TPSA) is 136 Å². The van der Waals surface area contributed by atoms with Crippen molar-refractivity contribution in [1.82, 2.24) is 10.6 Å². The molecule has 5 aliphatic rings. The van der Waals surface area contributed by atoms with Crippen LogP contribution in [0.15, 0.2) is 30.3 Å². The van der Waals surface area contributed by atoms with Crippen molar-refractivity contribution >= 4 is 23.5 Å². The first-order valence-corrected chi connectivity index (χ1v) is 16.8. The summed E-state index contributed by atoms with van der Waals surface area (Å²) in [5.74, 6) is 0.348. The highest BCUT2D eigenvalue weighted by Crippen LogP contribution is 2.75. The van der Waals surface area contributed by atoms with Gasteiger partial charge in [0.2, 0.25) is 0 Å². The van der Waals surface area contributed by atoms with Crippen LogP contribution in [0.3, 0.4) is 0 Å². The molecule has 0 heterocycles. The third-order valence-corrected chi connectivity index (χ3v) is 14.2. The van der Waals surface area contributed by atoms with Crippen molar-refractivity contribution in [2.75, 3.05) is 6.61 Å². The monoisotopic (exact) mass is 606 g/mol. The van der Waals surface area contributed by atoms with E-state index in [2.05, 4.69) is 44.4 Å². The van der Waals surface area contributed by atoms with E-state index in [-0.39, 0.29) is 21.8 Å². The fourth-order valence-electron chi connectivity index (χ4n) is 11.8. The van der Waals surface area contributed by atoms with Crippen LogP contribution in [0.5, 0.6) is 0 Å². The Balaban J connectivity index is 1.24. The molecule has 2 amide bonds. The van der Waals surface area contributed by atoms with Crippen molar-refractivity contribution in [2.45, 2.75) is 103 Å². The van der Waals surface area contributed by atoms with Crippen LogP contribution < -0.4 is 10.6 Å². The number of aliphatic hydroxyl groups excluding tert-OH is 1. The van der Waals surface area contributed by atoms with E-state index in [9.17, 15) is 29.7 Å². The van der Waals surface area contributed by atoms with Crippen LogP contribution in [0.1, 0.15) is 108 Å². The first-order chi connectivity index (χ1) is 20.8. The van der Waals surface area contributed by atoms with Crippen molar-refractivity contribution in [2.24, 2.45) is 45.8 Å². The molecule has 9 unspecified atom stereocenters. The molecule has 10 atom stereocenters. The zero-order chi connectivity index (χ0) is 31.7. The highest BCUT2D eigenvalue weighted by molar-refractivity contribution is 5.88. The molecule has 0 radical (unpaired) electrons. The number of aromatic carboxylic acids is 1. The molecule has 0 aliphatic heterocycles. The number of aliphatic hydroxyl groups is 1. The molecule has 44 heavy (non-hydrogen) atoms. The maximum absolute atomic E-state index is 13.0. The highest BCUT2D eigenvalue weighted by Gasteiger charge is 2.68. The lowest BCUT2D eigenvalue weighted by Crippen LogP contribution is -2.68. The third-order valence-electron chi connectivity index (χ3n) is 14.2. The smallest absolute Gasteiger partial charge is 0.335 e. The van der Waals surface area contributed by atoms with E-state index in [0.717, 1.165) is 50.5 Å². The van der Waals surface area contributed by atoms with Gasteiger partial charge in [-0.05, 0) is 127 Å². The molecule has 1 aromatic carbocycles. The van der Waals surface area contributed by atoms with Crippen molar-refractivity contribution in [3.63, 3.8) is 0 Å². The second-order valence-electron chi connectivity index (χ2n) is 15.6. The molecule has 0 spiro atoms. The van der Waals surface area contributed by atoms with Gasteiger partial charge in [-0.3, -0.25) is 0 Å². The molecule has 0 aromatic heterocycles. The molecule has 8 nitrogen and oxygen atoms in total. The Bertz CT molecular complexity index is 1360. The van der Waals surface area contributed by atoms with E-state index < -0.39 is 30.6 Å². The van der Waals surface area contributed by atoms with Crippen LogP contribution in [-0.4, -0.2) is 51.5 Å². The number of carbonyl (C=O) groups is 3. The SMILES string of the molecule is CC1C(c2ccc(C(=O)O)cc2)=CCC2(C)C1CCC1(C)C2CCC2C3CCCC3(NC(=O)NC(CO)C(=O)O)CC[C@]21C. The average molecular weight is 607 g/mol. The average Bonchev–Trinajstić information content (AvgIpc) is 3.40. The Labute approximate surface area is 261 Å². The van der Waals surface area contributed by atoms with Crippen LogP contribution >= 0.6 is 0 Å². The van der Waals surface area contributed by atoms with E-state index in [4.69, 9.17) is 0 Å². The lowest BCUT2D eigenvalue weighted by Gasteiger charge is -2.71. The molecule has 1 aromatic rings. The molecular weight excluding hydrogens is 556 g/mol.